The zero-order chi connectivity index (χ0) is 16.4. The Morgan fingerprint density at radius 1 is 0.833 bits per heavy atom. The smallest absolute Gasteiger partial charge is 0.150 e. The molecule has 0 radical (unpaired) electrons. The summed E-state index contributed by atoms with van der Waals surface area (Å²) in [6.45, 7) is 0. The molecule has 0 atom stereocenters. The number of nitrogens with zero attached hydrogens (tertiary/aromatic N) is 4. The van der Waals surface area contributed by atoms with E-state index in [0.717, 1.165) is 11.0 Å². The molecular weight excluding hydrogens is 300 g/mol. The number of fused-ring (bicyclic) bond motifs is 1. The van der Waals surface area contributed by atoms with E-state index in [4.69, 9.17) is 0 Å². The highest BCUT2D eigenvalue weighted by atomic mass is 16.3. The van der Waals surface area contributed by atoms with Crippen molar-refractivity contribution in [2.75, 3.05) is 0 Å². The number of aliphatic hydroxyl groups is 1. The summed E-state index contributed by atoms with van der Waals surface area (Å²) in [6, 6.07) is 22.5. The van der Waals surface area contributed by atoms with Gasteiger partial charge in [0.25, 0.3) is 0 Å². The summed E-state index contributed by atoms with van der Waals surface area (Å²) in [7, 11) is 0. The van der Waals surface area contributed by atoms with E-state index in [-0.39, 0.29) is 5.76 Å². The monoisotopic (exact) mass is 314 g/mol. The minimum absolute atomic E-state index is 0.102. The summed E-state index contributed by atoms with van der Waals surface area (Å²) in [5.74, 6) is 0.102. The summed E-state index contributed by atoms with van der Waals surface area (Å²) < 4.78 is 1.62. The van der Waals surface area contributed by atoms with Crippen molar-refractivity contribution in [2.24, 2.45) is 0 Å². The van der Waals surface area contributed by atoms with Crippen molar-refractivity contribution in [3.05, 3.63) is 90.3 Å². The normalized spacial score (nSPS) is 12.2. The van der Waals surface area contributed by atoms with Gasteiger partial charge in [-0.05, 0) is 24.3 Å². The first-order valence-corrected chi connectivity index (χ1v) is 7.55. The lowest BCUT2D eigenvalue weighted by molar-refractivity contribution is 0.510. The highest BCUT2D eigenvalue weighted by molar-refractivity contribution is 5.90. The SMILES string of the molecule is O/C(=C(\c1ccccn1)n1nnc2ccccc21)c1ccccc1. The van der Waals surface area contributed by atoms with E-state index in [1.54, 1.807) is 10.9 Å². The first kappa shape index (κ1) is 14.1. The maximum atomic E-state index is 10.9. The molecule has 0 unspecified atom stereocenters. The topological polar surface area (TPSA) is 63.8 Å². The van der Waals surface area contributed by atoms with Gasteiger partial charge in [-0.2, -0.15) is 0 Å². The first-order valence-electron chi connectivity index (χ1n) is 7.55. The summed E-state index contributed by atoms with van der Waals surface area (Å²) in [5.41, 5.74) is 3.37. The second kappa shape index (κ2) is 5.96. The fourth-order valence-electron chi connectivity index (χ4n) is 2.60. The highest BCUT2D eigenvalue weighted by Crippen LogP contribution is 2.26. The standard InChI is InChI=1S/C19H14N4O/c24-19(14-8-2-1-3-9-14)18(16-11-6-7-13-20-16)23-17-12-5-4-10-15(17)21-22-23/h1-13,24H/b19-18+. The molecule has 5 heteroatoms. The van der Waals surface area contributed by atoms with Crippen LogP contribution in [0.3, 0.4) is 0 Å². The summed E-state index contributed by atoms with van der Waals surface area (Å²) in [6.07, 6.45) is 1.69. The molecule has 0 bridgehead atoms. The third kappa shape index (κ3) is 2.42. The van der Waals surface area contributed by atoms with Gasteiger partial charge in [-0.3, -0.25) is 4.98 Å². The van der Waals surface area contributed by atoms with Crippen LogP contribution in [0.25, 0.3) is 22.5 Å². The Labute approximate surface area is 138 Å². The lowest BCUT2D eigenvalue weighted by atomic mass is 10.1. The molecular formula is C19H14N4O. The summed E-state index contributed by atoms with van der Waals surface area (Å²) >= 11 is 0. The van der Waals surface area contributed by atoms with Gasteiger partial charge in [0.2, 0.25) is 0 Å². The van der Waals surface area contributed by atoms with Gasteiger partial charge >= 0.3 is 0 Å². The van der Waals surface area contributed by atoms with Gasteiger partial charge in [-0.15, -0.1) is 5.10 Å². The number of para-hydroxylation sites is 1. The lowest BCUT2D eigenvalue weighted by Gasteiger charge is -2.11. The van der Waals surface area contributed by atoms with E-state index >= 15 is 0 Å². The van der Waals surface area contributed by atoms with Gasteiger partial charge in [0.1, 0.15) is 11.2 Å². The quantitative estimate of drug-likeness (QED) is 0.585. The van der Waals surface area contributed by atoms with Crippen LogP contribution >= 0.6 is 0 Å². The molecule has 2 aromatic carbocycles. The number of benzene rings is 2. The molecule has 0 saturated heterocycles. The number of aromatic nitrogens is 4. The summed E-state index contributed by atoms with van der Waals surface area (Å²) in [4.78, 5) is 4.38. The van der Waals surface area contributed by atoms with Gasteiger partial charge in [-0.1, -0.05) is 53.7 Å². The molecule has 0 aliphatic rings. The van der Waals surface area contributed by atoms with E-state index in [2.05, 4.69) is 15.3 Å². The zero-order valence-electron chi connectivity index (χ0n) is 12.7. The van der Waals surface area contributed by atoms with E-state index < -0.39 is 0 Å². The molecule has 24 heavy (non-hydrogen) atoms. The molecule has 0 saturated carbocycles. The number of aliphatic hydroxyl groups excluding tert-OH is 1. The van der Waals surface area contributed by atoms with E-state index in [1.165, 1.54) is 0 Å². The average Bonchev–Trinajstić information content (AvgIpc) is 3.07. The van der Waals surface area contributed by atoms with Crippen LogP contribution in [0.5, 0.6) is 0 Å². The second-order valence-electron chi connectivity index (χ2n) is 5.27. The molecule has 2 aromatic heterocycles. The van der Waals surface area contributed by atoms with Crippen molar-refractivity contribution in [1.29, 1.82) is 0 Å². The fraction of sp³-hybridized carbons (Fsp3) is 0. The fourth-order valence-corrected chi connectivity index (χ4v) is 2.60. The molecule has 5 nitrogen and oxygen atoms in total. The molecule has 4 rings (SSSR count). The van der Waals surface area contributed by atoms with Gasteiger partial charge in [0.15, 0.2) is 5.76 Å². The van der Waals surface area contributed by atoms with E-state index in [1.807, 2.05) is 72.8 Å². The van der Waals surface area contributed by atoms with Crippen molar-refractivity contribution < 1.29 is 5.11 Å². The van der Waals surface area contributed by atoms with Crippen LogP contribution in [0.15, 0.2) is 79.0 Å². The number of hydrogen-bond acceptors (Lipinski definition) is 4. The molecule has 4 aromatic rings. The predicted molar refractivity (Wildman–Crippen MR) is 93.0 cm³/mol. The third-order valence-electron chi connectivity index (χ3n) is 3.74. The minimum atomic E-state index is 0.102. The van der Waals surface area contributed by atoms with E-state index in [9.17, 15) is 5.11 Å². The largest absolute Gasteiger partial charge is 0.505 e. The predicted octanol–water partition coefficient (Wildman–Crippen LogP) is 3.76. The maximum absolute atomic E-state index is 10.9. The van der Waals surface area contributed by atoms with Crippen molar-refractivity contribution >= 4 is 22.5 Å². The van der Waals surface area contributed by atoms with Crippen molar-refractivity contribution in [3.63, 3.8) is 0 Å². The number of hydrogen-bond donors (Lipinski definition) is 1. The van der Waals surface area contributed by atoms with Crippen LogP contribution in [0.2, 0.25) is 0 Å². The van der Waals surface area contributed by atoms with Crippen molar-refractivity contribution in [1.82, 2.24) is 20.0 Å². The van der Waals surface area contributed by atoms with E-state index in [0.29, 0.717) is 17.0 Å². The average molecular weight is 314 g/mol. The number of pyridine rings is 1. The van der Waals surface area contributed by atoms with Crippen LogP contribution in [0.1, 0.15) is 11.3 Å². The molecule has 0 aliphatic heterocycles. The Morgan fingerprint density at radius 3 is 2.38 bits per heavy atom. The Balaban J connectivity index is 2.02. The molecule has 0 spiro atoms. The van der Waals surface area contributed by atoms with Crippen LogP contribution in [0.4, 0.5) is 0 Å². The Kier molecular flexibility index (Phi) is 3.51. The Bertz CT molecular complexity index is 1010. The molecule has 2 heterocycles. The minimum Gasteiger partial charge on any atom is -0.505 e. The Hall–Kier alpha value is -3.47. The lowest BCUT2D eigenvalue weighted by Crippen LogP contribution is -2.06. The second-order valence-corrected chi connectivity index (χ2v) is 5.27. The molecule has 116 valence electrons. The molecule has 0 aliphatic carbocycles. The van der Waals surface area contributed by atoms with Crippen LogP contribution < -0.4 is 0 Å². The van der Waals surface area contributed by atoms with Crippen LogP contribution in [0, 0.1) is 0 Å². The van der Waals surface area contributed by atoms with Crippen molar-refractivity contribution in [2.45, 2.75) is 0 Å². The van der Waals surface area contributed by atoms with Crippen LogP contribution in [-0.2, 0) is 0 Å². The Morgan fingerprint density at radius 2 is 1.58 bits per heavy atom. The van der Waals surface area contributed by atoms with Gasteiger partial charge in [0.05, 0.1) is 11.2 Å². The van der Waals surface area contributed by atoms with Gasteiger partial charge in [-0.25, -0.2) is 4.68 Å². The van der Waals surface area contributed by atoms with Gasteiger partial charge in [0, 0.05) is 11.8 Å². The van der Waals surface area contributed by atoms with Gasteiger partial charge < -0.3 is 5.11 Å². The van der Waals surface area contributed by atoms with Crippen LogP contribution in [-0.4, -0.2) is 25.1 Å². The molecule has 1 N–H and O–H groups in total. The highest BCUT2D eigenvalue weighted by Gasteiger charge is 2.17. The third-order valence-corrected chi connectivity index (χ3v) is 3.74. The zero-order valence-corrected chi connectivity index (χ0v) is 12.7. The number of rotatable bonds is 3. The summed E-state index contributed by atoms with van der Waals surface area (Å²) in [5, 5.41) is 19.3. The molecule has 0 fully saturated rings. The first-order chi connectivity index (χ1) is 11.8. The van der Waals surface area contributed by atoms with Crippen molar-refractivity contribution in [3.8, 4) is 0 Å². The maximum Gasteiger partial charge on any atom is 0.150 e. The molecule has 0 amide bonds.